The van der Waals surface area contributed by atoms with Gasteiger partial charge in [0.15, 0.2) is 5.13 Å². The van der Waals surface area contributed by atoms with E-state index < -0.39 is 0 Å². The van der Waals surface area contributed by atoms with Crippen LogP contribution in [0.2, 0.25) is 0 Å². The van der Waals surface area contributed by atoms with E-state index in [-0.39, 0.29) is 23.8 Å². The number of methoxy groups -OCH3 is 1. The topological polar surface area (TPSA) is 80.3 Å². The molecule has 3 aromatic rings. The van der Waals surface area contributed by atoms with Gasteiger partial charge in [-0.3, -0.25) is 9.59 Å². The number of hydrogen-bond donors (Lipinski definition) is 2. The van der Waals surface area contributed by atoms with Crippen LogP contribution in [0.3, 0.4) is 0 Å². The van der Waals surface area contributed by atoms with Crippen LogP contribution in [-0.4, -0.2) is 30.0 Å². The molecule has 0 unspecified atom stereocenters. The summed E-state index contributed by atoms with van der Waals surface area (Å²) < 4.78 is 6.26. The third-order valence-electron chi connectivity index (χ3n) is 6.17. The fourth-order valence-electron chi connectivity index (χ4n) is 4.45. The molecule has 0 atom stereocenters. The lowest BCUT2D eigenvalue weighted by molar-refractivity contribution is -0.121. The first-order chi connectivity index (χ1) is 15.3. The largest absolute Gasteiger partial charge is 0.381 e. The summed E-state index contributed by atoms with van der Waals surface area (Å²) in [6, 6.07) is 9.56. The molecule has 0 spiro atoms. The zero-order chi connectivity index (χ0) is 22.8. The molecule has 168 valence electrons. The predicted octanol–water partition coefficient (Wildman–Crippen LogP) is 5.62. The first-order valence-electron chi connectivity index (χ1n) is 11.0. The molecule has 6 nitrogen and oxygen atoms in total. The highest BCUT2D eigenvalue weighted by Gasteiger charge is 2.26. The maximum absolute atomic E-state index is 12.9. The Morgan fingerprint density at radius 1 is 1.00 bits per heavy atom. The van der Waals surface area contributed by atoms with E-state index >= 15 is 0 Å². The van der Waals surface area contributed by atoms with E-state index in [0.717, 1.165) is 52.7 Å². The molecule has 1 saturated carbocycles. The molecule has 0 radical (unpaired) electrons. The highest BCUT2D eigenvalue weighted by molar-refractivity contribution is 7.22. The van der Waals surface area contributed by atoms with Crippen molar-refractivity contribution in [3.05, 3.63) is 52.6 Å². The number of ether oxygens (including phenoxy) is 1. The Morgan fingerprint density at radius 3 is 2.34 bits per heavy atom. The molecular weight excluding hydrogens is 422 g/mol. The number of aryl methyl sites for hydroxylation is 3. The van der Waals surface area contributed by atoms with E-state index in [4.69, 9.17) is 4.74 Å². The minimum atomic E-state index is -0.157. The van der Waals surface area contributed by atoms with Crippen LogP contribution in [0, 0.1) is 26.7 Å². The molecule has 1 aromatic heterocycles. The number of aromatic nitrogens is 1. The van der Waals surface area contributed by atoms with Crippen LogP contribution in [0.4, 0.5) is 10.8 Å². The fraction of sp³-hybridized carbons (Fsp3) is 0.400. The summed E-state index contributed by atoms with van der Waals surface area (Å²) in [5.74, 6) is -0.145. The molecule has 0 bridgehead atoms. The summed E-state index contributed by atoms with van der Waals surface area (Å²) in [4.78, 5) is 30.1. The molecule has 32 heavy (non-hydrogen) atoms. The molecular formula is C25H29N3O3S. The van der Waals surface area contributed by atoms with E-state index in [2.05, 4.69) is 27.8 Å². The number of fused-ring (bicyclic) bond motifs is 1. The summed E-state index contributed by atoms with van der Waals surface area (Å²) in [5.41, 5.74) is 5.44. The fourth-order valence-corrected chi connectivity index (χ4v) is 5.36. The number of carbonyl (C=O) groups excluding carboxylic acids is 2. The Bertz CT molecular complexity index is 1140. The number of amides is 2. The van der Waals surface area contributed by atoms with Crippen LogP contribution in [0.5, 0.6) is 0 Å². The Labute approximate surface area is 192 Å². The molecule has 1 heterocycles. The Hall–Kier alpha value is -2.77. The van der Waals surface area contributed by atoms with Crippen molar-refractivity contribution < 1.29 is 14.3 Å². The molecule has 1 fully saturated rings. The van der Waals surface area contributed by atoms with Crippen LogP contribution in [0.25, 0.3) is 10.2 Å². The van der Waals surface area contributed by atoms with Crippen molar-refractivity contribution in [1.82, 2.24) is 4.98 Å². The molecule has 0 saturated heterocycles. The molecule has 1 aliphatic carbocycles. The van der Waals surface area contributed by atoms with E-state index in [1.54, 1.807) is 13.2 Å². The maximum atomic E-state index is 12.9. The smallest absolute Gasteiger partial charge is 0.255 e. The molecule has 4 rings (SSSR count). The van der Waals surface area contributed by atoms with Crippen LogP contribution in [0.15, 0.2) is 30.3 Å². The van der Waals surface area contributed by atoms with Gasteiger partial charge < -0.3 is 15.4 Å². The number of hydrogen-bond acceptors (Lipinski definition) is 5. The normalized spacial score (nSPS) is 18.5. The van der Waals surface area contributed by atoms with Crippen LogP contribution >= 0.6 is 11.3 Å². The molecule has 2 N–H and O–H groups in total. The summed E-state index contributed by atoms with van der Waals surface area (Å²) >= 11 is 1.39. The molecule has 1 aliphatic rings. The van der Waals surface area contributed by atoms with E-state index in [1.807, 2.05) is 32.9 Å². The monoisotopic (exact) mass is 451 g/mol. The number of benzene rings is 2. The van der Waals surface area contributed by atoms with Crippen molar-refractivity contribution in [3.63, 3.8) is 0 Å². The minimum Gasteiger partial charge on any atom is -0.381 e. The van der Waals surface area contributed by atoms with Crippen molar-refractivity contribution in [2.45, 2.75) is 52.6 Å². The van der Waals surface area contributed by atoms with E-state index in [1.165, 1.54) is 16.9 Å². The van der Waals surface area contributed by atoms with Gasteiger partial charge in [-0.05, 0) is 75.8 Å². The zero-order valence-electron chi connectivity index (χ0n) is 19.0. The van der Waals surface area contributed by atoms with Crippen LogP contribution in [0.1, 0.15) is 52.7 Å². The van der Waals surface area contributed by atoms with Gasteiger partial charge in [0, 0.05) is 24.3 Å². The lowest BCUT2D eigenvalue weighted by Crippen LogP contribution is -2.29. The number of anilines is 2. The van der Waals surface area contributed by atoms with Gasteiger partial charge in [0.1, 0.15) is 0 Å². The van der Waals surface area contributed by atoms with Crippen LogP contribution < -0.4 is 10.6 Å². The Balaban J connectivity index is 1.46. The highest BCUT2D eigenvalue weighted by Crippen LogP contribution is 2.31. The van der Waals surface area contributed by atoms with Gasteiger partial charge in [0.25, 0.3) is 5.91 Å². The second-order valence-electron chi connectivity index (χ2n) is 8.63. The Morgan fingerprint density at radius 2 is 1.69 bits per heavy atom. The SMILES string of the molecule is COC1CCC(C(=O)Nc2nc3ccc(C(=O)Nc4c(C)cc(C)cc4C)cc3s2)CC1. The Kier molecular flexibility index (Phi) is 6.58. The lowest BCUT2D eigenvalue weighted by atomic mass is 9.87. The minimum absolute atomic E-state index is 0.00394. The summed E-state index contributed by atoms with van der Waals surface area (Å²) in [5, 5.41) is 6.58. The van der Waals surface area contributed by atoms with Gasteiger partial charge in [-0.25, -0.2) is 4.98 Å². The zero-order valence-corrected chi connectivity index (χ0v) is 19.8. The average Bonchev–Trinajstić information content (AvgIpc) is 3.17. The first kappa shape index (κ1) is 22.4. The average molecular weight is 452 g/mol. The molecule has 2 aromatic carbocycles. The predicted molar refractivity (Wildman–Crippen MR) is 130 cm³/mol. The van der Waals surface area contributed by atoms with Gasteiger partial charge in [-0.1, -0.05) is 29.0 Å². The first-order valence-corrected chi connectivity index (χ1v) is 11.8. The van der Waals surface area contributed by atoms with Gasteiger partial charge in [0.05, 0.1) is 16.3 Å². The second-order valence-corrected chi connectivity index (χ2v) is 9.66. The van der Waals surface area contributed by atoms with Gasteiger partial charge in [0.2, 0.25) is 5.91 Å². The lowest BCUT2D eigenvalue weighted by Gasteiger charge is -2.26. The van der Waals surface area contributed by atoms with Crippen molar-refractivity contribution in [2.75, 3.05) is 17.7 Å². The van der Waals surface area contributed by atoms with Crippen molar-refractivity contribution in [2.24, 2.45) is 5.92 Å². The number of nitrogens with zero attached hydrogens (tertiary/aromatic N) is 1. The van der Waals surface area contributed by atoms with Gasteiger partial charge in [-0.2, -0.15) is 0 Å². The molecule has 2 amide bonds. The van der Waals surface area contributed by atoms with Crippen molar-refractivity contribution in [3.8, 4) is 0 Å². The number of nitrogens with one attached hydrogen (secondary N) is 2. The standard InChI is InChI=1S/C25H29N3O3S/c1-14-11-15(2)22(16(3)12-14)27-24(30)18-7-10-20-21(13-18)32-25(26-20)28-23(29)17-5-8-19(31-4)9-6-17/h7,10-13,17,19H,5-6,8-9H2,1-4H3,(H,27,30)(H,26,28,29). The number of rotatable bonds is 5. The second kappa shape index (κ2) is 9.38. The quantitative estimate of drug-likeness (QED) is 0.528. The van der Waals surface area contributed by atoms with Crippen LogP contribution in [-0.2, 0) is 9.53 Å². The number of thiazole rings is 1. The van der Waals surface area contributed by atoms with Crippen molar-refractivity contribution >= 4 is 44.2 Å². The molecule has 0 aliphatic heterocycles. The molecule has 7 heteroatoms. The summed E-state index contributed by atoms with van der Waals surface area (Å²) in [7, 11) is 1.73. The third kappa shape index (κ3) is 4.84. The highest BCUT2D eigenvalue weighted by atomic mass is 32.1. The maximum Gasteiger partial charge on any atom is 0.255 e. The summed E-state index contributed by atoms with van der Waals surface area (Å²) in [6.07, 6.45) is 3.74. The number of carbonyl (C=O) groups is 2. The van der Waals surface area contributed by atoms with Crippen molar-refractivity contribution in [1.29, 1.82) is 0 Å². The van der Waals surface area contributed by atoms with Gasteiger partial charge >= 0.3 is 0 Å². The summed E-state index contributed by atoms with van der Waals surface area (Å²) in [6.45, 7) is 6.04. The third-order valence-corrected chi connectivity index (χ3v) is 7.11. The van der Waals surface area contributed by atoms with E-state index in [0.29, 0.717) is 10.7 Å². The van der Waals surface area contributed by atoms with Gasteiger partial charge in [-0.15, -0.1) is 0 Å². The van der Waals surface area contributed by atoms with E-state index in [9.17, 15) is 9.59 Å².